The minimum atomic E-state index is -0.310. The van der Waals surface area contributed by atoms with E-state index in [-0.39, 0.29) is 4.94 Å². The molecule has 2 N–H and O–H groups in total. The zero-order valence-electron chi connectivity index (χ0n) is 9.01. The summed E-state index contributed by atoms with van der Waals surface area (Å²) in [6, 6.07) is 5.50. The molecule has 3 rings (SSSR count). The van der Waals surface area contributed by atoms with Gasteiger partial charge in [-0.15, -0.1) is 0 Å². The van der Waals surface area contributed by atoms with E-state index < -0.39 is 0 Å². The second-order valence-electron chi connectivity index (χ2n) is 3.65. The Hall–Kier alpha value is -2.08. The van der Waals surface area contributed by atoms with Crippen LogP contribution >= 0.6 is 11.3 Å². The Morgan fingerprint density at radius 3 is 2.94 bits per heavy atom. The molecule has 17 heavy (non-hydrogen) atoms. The fourth-order valence-corrected chi connectivity index (χ4v) is 2.56. The first-order valence-corrected chi connectivity index (χ1v) is 5.79. The molecule has 0 aliphatic rings. The molecule has 6 heteroatoms. The Balaban J connectivity index is 2.37. The van der Waals surface area contributed by atoms with E-state index in [9.17, 15) is 4.79 Å². The SMILES string of the molecule is Cn1ncc(-c2cccc3oc(=O)sc23)c1N. The standard InChI is InChI=1S/C11H9N3O2S/c1-14-10(12)7(5-13-14)6-3-2-4-8-9(6)17-11(15)16-8/h2-5H,12H2,1H3. The van der Waals surface area contributed by atoms with E-state index in [0.29, 0.717) is 11.4 Å². The van der Waals surface area contributed by atoms with Crippen molar-refractivity contribution in [2.24, 2.45) is 7.05 Å². The van der Waals surface area contributed by atoms with Gasteiger partial charge < -0.3 is 10.2 Å². The van der Waals surface area contributed by atoms with Crippen molar-refractivity contribution in [1.82, 2.24) is 9.78 Å². The predicted molar refractivity (Wildman–Crippen MR) is 67.0 cm³/mol. The van der Waals surface area contributed by atoms with Gasteiger partial charge in [0.2, 0.25) is 0 Å². The minimum absolute atomic E-state index is 0.310. The topological polar surface area (TPSA) is 74.0 Å². The summed E-state index contributed by atoms with van der Waals surface area (Å²) in [5, 5.41) is 4.09. The van der Waals surface area contributed by atoms with Gasteiger partial charge in [-0.3, -0.25) is 4.68 Å². The van der Waals surface area contributed by atoms with Crippen molar-refractivity contribution in [2.75, 3.05) is 5.73 Å². The van der Waals surface area contributed by atoms with Crippen LogP contribution in [0.1, 0.15) is 0 Å². The number of benzene rings is 1. The molecular weight excluding hydrogens is 238 g/mol. The predicted octanol–water partition coefficient (Wildman–Crippen LogP) is 1.84. The third-order valence-electron chi connectivity index (χ3n) is 2.63. The summed E-state index contributed by atoms with van der Waals surface area (Å²) in [5.74, 6) is 0.568. The van der Waals surface area contributed by atoms with E-state index in [1.807, 2.05) is 12.1 Å². The van der Waals surface area contributed by atoms with Crippen LogP contribution in [0, 0.1) is 0 Å². The molecular formula is C11H9N3O2S. The van der Waals surface area contributed by atoms with Gasteiger partial charge in [0.1, 0.15) is 11.4 Å². The van der Waals surface area contributed by atoms with E-state index in [4.69, 9.17) is 10.2 Å². The maximum absolute atomic E-state index is 11.3. The lowest BCUT2D eigenvalue weighted by Gasteiger charge is -2.01. The lowest BCUT2D eigenvalue weighted by atomic mass is 10.1. The second-order valence-corrected chi connectivity index (χ2v) is 4.60. The summed E-state index contributed by atoms with van der Waals surface area (Å²) >= 11 is 1.08. The van der Waals surface area contributed by atoms with Crippen LogP contribution < -0.4 is 10.7 Å². The number of nitrogens with zero attached hydrogens (tertiary/aromatic N) is 2. The van der Waals surface area contributed by atoms with Crippen molar-refractivity contribution in [3.8, 4) is 11.1 Å². The highest BCUT2D eigenvalue weighted by atomic mass is 32.1. The van der Waals surface area contributed by atoms with Crippen molar-refractivity contribution in [3.63, 3.8) is 0 Å². The van der Waals surface area contributed by atoms with Crippen LogP contribution in [0.25, 0.3) is 21.4 Å². The number of anilines is 1. The first-order chi connectivity index (χ1) is 8.16. The molecule has 2 aromatic heterocycles. The fraction of sp³-hybridized carbons (Fsp3) is 0.0909. The van der Waals surface area contributed by atoms with Crippen molar-refractivity contribution in [2.45, 2.75) is 0 Å². The number of nitrogens with two attached hydrogens (primary N) is 1. The number of fused-ring (bicyclic) bond motifs is 1. The molecule has 0 atom stereocenters. The normalized spacial score (nSPS) is 11.1. The zero-order valence-corrected chi connectivity index (χ0v) is 9.82. The molecule has 0 spiro atoms. The third-order valence-corrected chi connectivity index (χ3v) is 3.51. The Bertz CT molecular complexity index is 754. The Kier molecular flexibility index (Phi) is 2.05. The number of hydrogen-bond acceptors (Lipinski definition) is 5. The summed E-state index contributed by atoms with van der Waals surface area (Å²) in [6.45, 7) is 0. The molecule has 0 unspecified atom stereocenters. The van der Waals surface area contributed by atoms with E-state index >= 15 is 0 Å². The molecule has 0 saturated carbocycles. The van der Waals surface area contributed by atoms with Gasteiger partial charge in [0.25, 0.3) is 0 Å². The molecule has 86 valence electrons. The summed E-state index contributed by atoms with van der Waals surface area (Å²) < 4.78 is 7.47. The summed E-state index contributed by atoms with van der Waals surface area (Å²) in [4.78, 5) is 11.0. The average molecular weight is 247 g/mol. The molecule has 0 saturated heterocycles. The van der Waals surface area contributed by atoms with Gasteiger partial charge in [0.15, 0.2) is 0 Å². The molecule has 0 amide bonds. The first-order valence-electron chi connectivity index (χ1n) is 4.97. The van der Waals surface area contributed by atoms with Gasteiger partial charge >= 0.3 is 4.94 Å². The molecule has 0 radical (unpaired) electrons. The largest absolute Gasteiger partial charge is 0.414 e. The van der Waals surface area contributed by atoms with Gasteiger partial charge in [0, 0.05) is 18.2 Å². The highest BCUT2D eigenvalue weighted by molar-refractivity contribution is 7.16. The molecule has 5 nitrogen and oxygen atoms in total. The maximum Gasteiger partial charge on any atom is 0.396 e. The van der Waals surface area contributed by atoms with Crippen molar-refractivity contribution in [1.29, 1.82) is 0 Å². The van der Waals surface area contributed by atoms with Crippen LogP contribution in [0.15, 0.2) is 33.6 Å². The van der Waals surface area contributed by atoms with Crippen molar-refractivity contribution >= 4 is 27.4 Å². The quantitative estimate of drug-likeness (QED) is 0.712. The lowest BCUT2D eigenvalue weighted by molar-refractivity contribution is 0.585. The Morgan fingerprint density at radius 1 is 1.41 bits per heavy atom. The summed E-state index contributed by atoms with van der Waals surface area (Å²) in [5.41, 5.74) is 8.21. The Morgan fingerprint density at radius 2 is 2.24 bits per heavy atom. The molecule has 0 fully saturated rings. The van der Waals surface area contributed by atoms with Crippen LogP contribution in [-0.4, -0.2) is 9.78 Å². The average Bonchev–Trinajstić information content (AvgIpc) is 2.82. The van der Waals surface area contributed by atoms with Crippen LogP contribution in [-0.2, 0) is 7.05 Å². The molecule has 0 aliphatic heterocycles. The van der Waals surface area contributed by atoms with Gasteiger partial charge in [-0.05, 0) is 6.07 Å². The van der Waals surface area contributed by atoms with E-state index in [1.54, 1.807) is 24.0 Å². The lowest BCUT2D eigenvalue weighted by Crippen LogP contribution is -1.97. The number of aryl methyl sites for hydroxylation is 1. The molecule has 0 bridgehead atoms. The molecule has 1 aromatic carbocycles. The smallest absolute Gasteiger partial charge is 0.396 e. The fourth-order valence-electron chi connectivity index (χ4n) is 1.76. The minimum Gasteiger partial charge on any atom is -0.414 e. The van der Waals surface area contributed by atoms with Gasteiger partial charge in [-0.1, -0.05) is 23.5 Å². The van der Waals surface area contributed by atoms with Crippen LogP contribution in [0.2, 0.25) is 0 Å². The zero-order chi connectivity index (χ0) is 12.0. The molecule has 3 aromatic rings. The van der Waals surface area contributed by atoms with E-state index in [0.717, 1.165) is 27.2 Å². The maximum atomic E-state index is 11.3. The summed E-state index contributed by atoms with van der Waals surface area (Å²) in [7, 11) is 1.77. The highest BCUT2D eigenvalue weighted by Crippen LogP contribution is 2.33. The monoisotopic (exact) mass is 247 g/mol. The van der Waals surface area contributed by atoms with Crippen LogP contribution in [0.5, 0.6) is 0 Å². The van der Waals surface area contributed by atoms with Gasteiger partial charge in [-0.25, -0.2) is 4.79 Å². The van der Waals surface area contributed by atoms with Gasteiger partial charge in [-0.2, -0.15) is 5.10 Å². The number of hydrogen-bond donors (Lipinski definition) is 1. The van der Waals surface area contributed by atoms with E-state index in [1.165, 1.54) is 0 Å². The first kappa shape index (κ1) is 10.1. The molecule has 2 heterocycles. The Labute approximate surface area is 100 Å². The summed E-state index contributed by atoms with van der Waals surface area (Å²) in [6.07, 6.45) is 1.69. The number of rotatable bonds is 1. The van der Waals surface area contributed by atoms with E-state index in [2.05, 4.69) is 5.10 Å². The second kappa shape index (κ2) is 3.46. The van der Waals surface area contributed by atoms with Crippen LogP contribution in [0.3, 0.4) is 0 Å². The third kappa shape index (κ3) is 1.45. The number of nitrogen functional groups attached to an aromatic ring is 1. The van der Waals surface area contributed by atoms with Crippen molar-refractivity contribution in [3.05, 3.63) is 34.1 Å². The van der Waals surface area contributed by atoms with Gasteiger partial charge in [0.05, 0.1) is 10.9 Å². The molecule has 0 aliphatic carbocycles. The van der Waals surface area contributed by atoms with Crippen molar-refractivity contribution < 1.29 is 4.42 Å². The van der Waals surface area contributed by atoms with Crippen LogP contribution in [0.4, 0.5) is 5.82 Å². The highest BCUT2D eigenvalue weighted by Gasteiger charge is 2.13. The number of aromatic nitrogens is 2.